The van der Waals surface area contributed by atoms with Gasteiger partial charge >= 0.3 is 6.09 Å². The minimum atomic E-state index is -4.11. The van der Waals surface area contributed by atoms with Gasteiger partial charge in [0.25, 0.3) is 10.1 Å². The molecule has 0 aliphatic carbocycles. The van der Waals surface area contributed by atoms with Crippen molar-refractivity contribution in [1.29, 1.82) is 0 Å². The molecule has 9 heteroatoms. The molecule has 0 saturated carbocycles. The monoisotopic (exact) mass is 327 g/mol. The summed E-state index contributed by atoms with van der Waals surface area (Å²) in [6, 6.07) is -0.583. The molecule has 2 N–H and O–H groups in total. The Morgan fingerprint density at radius 3 is 2.30 bits per heavy atom. The summed E-state index contributed by atoms with van der Waals surface area (Å²) in [6.07, 6.45) is -0.694. The molecular formula is C11H21NO6S2. The highest BCUT2D eigenvalue weighted by Gasteiger charge is 2.21. The van der Waals surface area contributed by atoms with Crippen LogP contribution < -0.4 is 5.32 Å². The standard InChI is InChI=1S/C11H21NO6S2/c1-8(13)19-7-9(5-6-20(15,16)17)12-10(14)18-11(2,3)4/h9H,5-7H2,1-4H3,(H,12,14)(H,15,16,17). The average molecular weight is 327 g/mol. The summed E-state index contributed by atoms with van der Waals surface area (Å²) >= 11 is 0.964. The molecule has 0 aromatic carbocycles. The lowest BCUT2D eigenvalue weighted by atomic mass is 10.2. The number of alkyl carbamates (subject to hydrolysis) is 1. The fourth-order valence-corrected chi connectivity index (χ4v) is 2.45. The molecule has 0 rings (SSSR count). The first-order valence-corrected chi connectivity index (χ1v) is 8.56. The summed E-state index contributed by atoms with van der Waals surface area (Å²) in [7, 11) is -4.11. The third-order valence-electron chi connectivity index (χ3n) is 1.93. The van der Waals surface area contributed by atoms with Crippen LogP contribution in [0.25, 0.3) is 0 Å². The summed E-state index contributed by atoms with van der Waals surface area (Å²) in [5.74, 6) is -0.282. The van der Waals surface area contributed by atoms with Gasteiger partial charge in [0.05, 0.1) is 5.75 Å². The highest BCUT2D eigenvalue weighted by atomic mass is 32.2. The van der Waals surface area contributed by atoms with Crippen molar-refractivity contribution in [3.8, 4) is 0 Å². The van der Waals surface area contributed by atoms with Crippen molar-refractivity contribution in [3.05, 3.63) is 0 Å². The fourth-order valence-electron chi connectivity index (χ4n) is 1.18. The van der Waals surface area contributed by atoms with Crippen molar-refractivity contribution in [2.45, 2.75) is 45.8 Å². The van der Waals surface area contributed by atoms with Gasteiger partial charge in [-0.1, -0.05) is 11.8 Å². The number of amides is 1. The summed E-state index contributed by atoms with van der Waals surface area (Å²) in [4.78, 5) is 22.5. The van der Waals surface area contributed by atoms with Crippen molar-refractivity contribution < 1.29 is 27.3 Å². The summed E-state index contributed by atoms with van der Waals surface area (Å²) in [6.45, 7) is 6.47. The Hall–Kier alpha value is -0.800. The van der Waals surface area contributed by atoms with Crippen molar-refractivity contribution in [1.82, 2.24) is 5.32 Å². The maximum atomic E-state index is 11.6. The second-order valence-corrected chi connectivity index (χ2v) is 7.99. The van der Waals surface area contributed by atoms with Crippen molar-refractivity contribution in [2.75, 3.05) is 11.5 Å². The SMILES string of the molecule is CC(=O)SCC(CCS(=O)(=O)O)NC(=O)OC(C)(C)C. The predicted molar refractivity (Wildman–Crippen MR) is 77.3 cm³/mol. The third-order valence-corrected chi connectivity index (χ3v) is 3.66. The zero-order valence-corrected chi connectivity index (χ0v) is 13.6. The van der Waals surface area contributed by atoms with Gasteiger partial charge in [-0.25, -0.2) is 4.79 Å². The van der Waals surface area contributed by atoms with Gasteiger partial charge in [-0.05, 0) is 27.2 Å². The molecule has 1 unspecified atom stereocenters. The zero-order chi connectivity index (χ0) is 16.0. The van der Waals surface area contributed by atoms with Gasteiger partial charge in [0, 0.05) is 18.7 Å². The average Bonchev–Trinajstić information content (AvgIpc) is 2.17. The molecule has 0 bridgehead atoms. The van der Waals surface area contributed by atoms with Gasteiger partial charge in [0.15, 0.2) is 5.12 Å². The molecule has 1 amide bonds. The Kier molecular flexibility index (Phi) is 7.53. The lowest BCUT2D eigenvalue weighted by molar-refractivity contribution is -0.109. The van der Waals surface area contributed by atoms with Gasteiger partial charge < -0.3 is 10.1 Å². The van der Waals surface area contributed by atoms with Crippen LogP contribution in [-0.2, 0) is 19.6 Å². The van der Waals surface area contributed by atoms with E-state index in [1.807, 2.05) is 0 Å². The van der Waals surface area contributed by atoms with Gasteiger partial charge in [0.1, 0.15) is 5.60 Å². The Morgan fingerprint density at radius 2 is 1.90 bits per heavy atom. The highest BCUT2D eigenvalue weighted by molar-refractivity contribution is 8.13. The van der Waals surface area contributed by atoms with Gasteiger partial charge in [-0.15, -0.1) is 0 Å². The van der Waals surface area contributed by atoms with E-state index in [9.17, 15) is 18.0 Å². The molecule has 0 aliphatic heterocycles. The van der Waals surface area contributed by atoms with Gasteiger partial charge in [-0.3, -0.25) is 9.35 Å². The largest absolute Gasteiger partial charge is 0.444 e. The lowest BCUT2D eigenvalue weighted by Crippen LogP contribution is -2.41. The van der Waals surface area contributed by atoms with Crippen LogP contribution >= 0.6 is 11.8 Å². The molecule has 0 aromatic rings. The number of ether oxygens (including phenoxy) is 1. The molecule has 0 radical (unpaired) electrons. The first-order valence-electron chi connectivity index (χ1n) is 5.97. The quantitative estimate of drug-likeness (QED) is 0.710. The van der Waals surface area contributed by atoms with Crippen LogP contribution in [0.1, 0.15) is 34.1 Å². The smallest absolute Gasteiger partial charge is 0.407 e. The third kappa shape index (κ3) is 12.2. The molecule has 7 nitrogen and oxygen atoms in total. The van der Waals surface area contributed by atoms with Gasteiger partial charge in [0.2, 0.25) is 0 Å². The van der Waals surface area contributed by atoms with Crippen molar-refractivity contribution in [2.24, 2.45) is 0 Å². The zero-order valence-electron chi connectivity index (χ0n) is 12.0. The molecule has 118 valence electrons. The van der Waals surface area contributed by atoms with E-state index < -0.39 is 33.6 Å². The summed E-state index contributed by atoms with van der Waals surface area (Å²) in [5, 5.41) is 2.35. The molecule has 0 fully saturated rings. The number of thioether (sulfide) groups is 1. The number of carbonyl (C=O) groups excluding carboxylic acids is 2. The number of carbonyl (C=O) groups is 2. The van der Waals surface area contributed by atoms with Crippen LogP contribution in [0.2, 0.25) is 0 Å². The van der Waals surface area contributed by atoms with E-state index in [-0.39, 0.29) is 17.3 Å². The maximum absolute atomic E-state index is 11.6. The molecule has 0 heterocycles. The predicted octanol–water partition coefficient (Wildman–Crippen LogP) is 1.44. The van der Waals surface area contributed by atoms with Crippen molar-refractivity contribution >= 4 is 33.1 Å². The Labute approximate surface area is 123 Å². The van der Waals surface area contributed by atoms with Crippen LogP contribution in [0.4, 0.5) is 4.79 Å². The summed E-state index contributed by atoms with van der Waals surface area (Å²) < 4.78 is 35.2. The Bertz CT molecular complexity index is 440. The van der Waals surface area contributed by atoms with Crippen LogP contribution in [0.15, 0.2) is 0 Å². The van der Waals surface area contributed by atoms with E-state index in [2.05, 4.69) is 5.32 Å². The number of nitrogens with one attached hydrogen (secondary N) is 1. The van der Waals surface area contributed by atoms with Crippen molar-refractivity contribution in [3.63, 3.8) is 0 Å². The molecule has 1 atom stereocenters. The van der Waals surface area contributed by atoms with Crippen LogP contribution in [0, 0.1) is 0 Å². The van der Waals surface area contributed by atoms with E-state index in [4.69, 9.17) is 9.29 Å². The second-order valence-electron chi connectivity index (χ2n) is 5.22. The fraction of sp³-hybridized carbons (Fsp3) is 0.818. The van der Waals surface area contributed by atoms with E-state index in [0.717, 1.165) is 11.8 Å². The summed E-state index contributed by atoms with van der Waals surface area (Å²) in [5.41, 5.74) is -0.675. The number of hydrogen-bond acceptors (Lipinski definition) is 6. The minimum Gasteiger partial charge on any atom is -0.444 e. The normalized spacial score (nSPS) is 13.7. The van der Waals surface area contributed by atoms with E-state index >= 15 is 0 Å². The Morgan fingerprint density at radius 1 is 1.35 bits per heavy atom. The maximum Gasteiger partial charge on any atom is 0.407 e. The second kappa shape index (κ2) is 7.84. The van der Waals surface area contributed by atoms with E-state index in [1.54, 1.807) is 20.8 Å². The highest BCUT2D eigenvalue weighted by Crippen LogP contribution is 2.11. The first kappa shape index (κ1) is 19.2. The molecule has 0 spiro atoms. The molecule has 0 aliphatic rings. The molecule has 0 aromatic heterocycles. The molecule has 0 saturated heterocycles. The topological polar surface area (TPSA) is 110 Å². The van der Waals surface area contributed by atoms with E-state index in [0.29, 0.717) is 0 Å². The molecule has 20 heavy (non-hydrogen) atoms. The Balaban J connectivity index is 4.51. The van der Waals surface area contributed by atoms with Crippen LogP contribution in [-0.4, -0.2) is 47.3 Å². The minimum absolute atomic E-state index is 0.00163. The first-order chi connectivity index (χ1) is 8.89. The van der Waals surface area contributed by atoms with Crippen LogP contribution in [0.3, 0.4) is 0 Å². The van der Waals surface area contributed by atoms with E-state index in [1.165, 1.54) is 6.92 Å². The molecular weight excluding hydrogens is 306 g/mol. The van der Waals surface area contributed by atoms with Crippen LogP contribution in [0.5, 0.6) is 0 Å². The van der Waals surface area contributed by atoms with Gasteiger partial charge in [-0.2, -0.15) is 8.42 Å². The lowest BCUT2D eigenvalue weighted by Gasteiger charge is -2.23. The number of rotatable bonds is 6. The number of hydrogen-bond donors (Lipinski definition) is 2.